The predicted octanol–water partition coefficient (Wildman–Crippen LogP) is 1.65. The molecule has 3 nitrogen and oxygen atoms in total. The quantitative estimate of drug-likeness (QED) is 0.607. The fourth-order valence-electron chi connectivity index (χ4n) is 4.73. The van der Waals surface area contributed by atoms with Gasteiger partial charge in [-0.25, -0.2) is 0 Å². The third-order valence-electron chi connectivity index (χ3n) is 5.50. The summed E-state index contributed by atoms with van der Waals surface area (Å²) < 4.78 is 0. The molecule has 4 atom stereocenters. The number of carbonyl (C=O) groups excluding carboxylic acids is 1. The van der Waals surface area contributed by atoms with Gasteiger partial charge >= 0.3 is 0 Å². The van der Waals surface area contributed by atoms with E-state index in [0.29, 0.717) is 24.3 Å². The molecule has 0 N–H and O–H groups in total. The van der Waals surface area contributed by atoms with Crippen molar-refractivity contribution in [3.05, 3.63) is 12.2 Å². The molecule has 0 unspecified atom stereocenters. The number of hydrogen-bond donors (Lipinski definition) is 0. The summed E-state index contributed by atoms with van der Waals surface area (Å²) in [5, 5.41) is 0. The van der Waals surface area contributed by atoms with E-state index in [4.69, 9.17) is 0 Å². The molecule has 0 spiro atoms. The molecule has 4 aliphatic rings. The number of hydrogen-bond acceptors (Lipinski definition) is 2. The standard InChI is InChI=1S/C15H22N2O/c18-15-6-3-5-14-11-8-12(10-17(14)15)13-4-1-2-7-16(13)9-11/h3,5,11-14H,1-2,4,6-10H2/t11-,12-,13-,14-/m1/s1. The molecule has 3 heteroatoms. The van der Waals surface area contributed by atoms with E-state index in [2.05, 4.69) is 22.0 Å². The number of carbonyl (C=O) groups is 1. The van der Waals surface area contributed by atoms with Crippen LogP contribution in [0.25, 0.3) is 0 Å². The minimum atomic E-state index is 0.362. The van der Waals surface area contributed by atoms with Gasteiger partial charge in [0.2, 0.25) is 5.91 Å². The summed E-state index contributed by atoms with van der Waals surface area (Å²) in [6, 6.07) is 1.18. The van der Waals surface area contributed by atoms with Crippen LogP contribution in [-0.4, -0.2) is 47.4 Å². The minimum Gasteiger partial charge on any atom is -0.335 e. The summed E-state index contributed by atoms with van der Waals surface area (Å²) in [6.45, 7) is 3.54. The van der Waals surface area contributed by atoms with Crippen molar-refractivity contribution >= 4 is 5.91 Å². The van der Waals surface area contributed by atoms with E-state index in [0.717, 1.165) is 18.5 Å². The molecule has 0 aromatic rings. The second kappa shape index (κ2) is 4.09. The van der Waals surface area contributed by atoms with Gasteiger partial charge in [-0.15, -0.1) is 0 Å². The summed E-state index contributed by atoms with van der Waals surface area (Å²) in [5.74, 6) is 1.80. The Bertz CT molecular complexity index is 392. The van der Waals surface area contributed by atoms with E-state index in [9.17, 15) is 4.79 Å². The average molecular weight is 246 g/mol. The molecule has 4 aliphatic heterocycles. The number of rotatable bonds is 0. The van der Waals surface area contributed by atoms with Crippen LogP contribution in [-0.2, 0) is 4.79 Å². The number of amides is 1. The normalized spacial score (nSPS) is 43.6. The Morgan fingerprint density at radius 3 is 3.06 bits per heavy atom. The zero-order valence-electron chi connectivity index (χ0n) is 10.9. The maximum absolute atomic E-state index is 12.1. The zero-order chi connectivity index (χ0) is 12.1. The molecular weight excluding hydrogens is 224 g/mol. The lowest BCUT2D eigenvalue weighted by atomic mass is 9.72. The van der Waals surface area contributed by atoms with Gasteiger partial charge in [0.1, 0.15) is 0 Å². The van der Waals surface area contributed by atoms with Crippen LogP contribution in [0.5, 0.6) is 0 Å². The Morgan fingerprint density at radius 1 is 1.17 bits per heavy atom. The van der Waals surface area contributed by atoms with Crippen LogP contribution in [0.2, 0.25) is 0 Å². The molecule has 4 heterocycles. The van der Waals surface area contributed by atoms with Crippen molar-refractivity contribution in [2.45, 2.75) is 44.2 Å². The maximum Gasteiger partial charge on any atom is 0.226 e. The Kier molecular flexibility index (Phi) is 2.51. The molecule has 2 bridgehead atoms. The second-order valence-electron chi connectivity index (χ2n) is 6.48. The van der Waals surface area contributed by atoms with Crippen LogP contribution in [0.4, 0.5) is 0 Å². The molecule has 0 radical (unpaired) electrons. The molecule has 0 aliphatic carbocycles. The van der Waals surface area contributed by atoms with Gasteiger partial charge in [-0.1, -0.05) is 18.6 Å². The summed E-state index contributed by atoms with van der Waals surface area (Å²) in [6.07, 6.45) is 10.5. The monoisotopic (exact) mass is 246 g/mol. The Balaban J connectivity index is 1.63. The third kappa shape index (κ3) is 1.56. The molecular formula is C15H22N2O. The van der Waals surface area contributed by atoms with E-state index < -0.39 is 0 Å². The highest BCUT2D eigenvalue weighted by Crippen LogP contribution is 2.41. The number of fused-ring (bicyclic) bond motifs is 6. The highest BCUT2D eigenvalue weighted by Gasteiger charge is 2.46. The van der Waals surface area contributed by atoms with Gasteiger partial charge in [0, 0.05) is 25.6 Å². The molecule has 18 heavy (non-hydrogen) atoms. The molecule has 4 rings (SSSR count). The van der Waals surface area contributed by atoms with E-state index in [-0.39, 0.29) is 0 Å². The lowest BCUT2D eigenvalue weighted by molar-refractivity contribution is -0.141. The fraction of sp³-hybridized carbons (Fsp3) is 0.800. The molecule has 98 valence electrons. The Labute approximate surface area is 109 Å². The zero-order valence-corrected chi connectivity index (χ0v) is 10.9. The van der Waals surface area contributed by atoms with Crippen molar-refractivity contribution in [1.29, 1.82) is 0 Å². The topological polar surface area (TPSA) is 23.6 Å². The van der Waals surface area contributed by atoms with Crippen molar-refractivity contribution in [3.63, 3.8) is 0 Å². The van der Waals surface area contributed by atoms with Crippen molar-refractivity contribution in [1.82, 2.24) is 9.80 Å². The number of piperidine rings is 3. The molecule has 0 saturated carbocycles. The Hall–Kier alpha value is -0.830. The summed E-state index contributed by atoms with van der Waals surface area (Å²) in [5.41, 5.74) is 0. The average Bonchev–Trinajstić information content (AvgIpc) is 2.40. The van der Waals surface area contributed by atoms with Crippen LogP contribution >= 0.6 is 0 Å². The first-order valence-electron chi connectivity index (χ1n) is 7.53. The van der Waals surface area contributed by atoms with Crippen LogP contribution < -0.4 is 0 Å². The summed E-state index contributed by atoms with van der Waals surface area (Å²) in [4.78, 5) is 17.0. The fourth-order valence-corrected chi connectivity index (χ4v) is 4.73. The lowest BCUT2D eigenvalue weighted by Crippen LogP contribution is -2.63. The van der Waals surface area contributed by atoms with Crippen LogP contribution in [0.15, 0.2) is 12.2 Å². The van der Waals surface area contributed by atoms with Gasteiger partial charge in [-0.3, -0.25) is 9.69 Å². The minimum absolute atomic E-state index is 0.362. The third-order valence-corrected chi connectivity index (χ3v) is 5.50. The van der Waals surface area contributed by atoms with Crippen LogP contribution in [0.1, 0.15) is 32.1 Å². The van der Waals surface area contributed by atoms with Gasteiger partial charge in [-0.2, -0.15) is 0 Å². The first-order chi connectivity index (χ1) is 8.83. The first kappa shape index (κ1) is 11.0. The van der Waals surface area contributed by atoms with E-state index in [1.165, 1.54) is 38.8 Å². The summed E-state index contributed by atoms with van der Waals surface area (Å²) in [7, 11) is 0. The van der Waals surface area contributed by atoms with E-state index >= 15 is 0 Å². The largest absolute Gasteiger partial charge is 0.335 e. The highest BCUT2D eigenvalue weighted by molar-refractivity contribution is 5.79. The van der Waals surface area contributed by atoms with Crippen molar-refractivity contribution in [2.75, 3.05) is 19.6 Å². The lowest BCUT2D eigenvalue weighted by Gasteiger charge is -2.55. The Morgan fingerprint density at radius 2 is 2.11 bits per heavy atom. The molecule has 3 fully saturated rings. The summed E-state index contributed by atoms with van der Waals surface area (Å²) >= 11 is 0. The van der Waals surface area contributed by atoms with Crippen LogP contribution in [0, 0.1) is 11.8 Å². The maximum atomic E-state index is 12.1. The van der Waals surface area contributed by atoms with E-state index in [1.54, 1.807) is 0 Å². The molecule has 0 aromatic heterocycles. The smallest absolute Gasteiger partial charge is 0.226 e. The predicted molar refractivity (Wildman–Crippen MR) is 70.1 cm³/mol. The first-order valence-corrected chi connectivity index (χ1v) is 7.53. The molecule has 0 aromatic carbocycles. The molecule has 3 saturated heterocycles. The molecule has 1 amide bonds. The highest BCUT2D eigenvalue weighted by atomic mass is 16.2. The van der Waals surface area contributed by atoms with Crippen LogP contribution in [0.3, 0.4) is 0 Å². The van der Waals surface area contributed by atoms with Gasteiger partial charge in [0.15, 0.2) is 0 Å². The van der Waals surface area contributed by atoms with Crippen molar-refractivity contribution in [2.24, 2.45) is 11.8 Å². The van der Waals surface area contributed by atoms with Crippen molar-refractivity contribution in [3.8, 4) is 0 Å². The van der Waals surface area contributed by atoms with Gasteiger partial charge in [0.05, 0.1) is 6.04 Å². The van der Waals surface area contributed by atoms with E-state index in [1.807, 2.05) is 0 Å². The van der Waals surface area contributed by atoms with Gasteiger partial charge < -0.3 is 4.90 Å². The second-order valence-corrected chi connectivity index (χ2v) is 6.48. The van der Waals surface area contributed by atoms with Crippen molar-refractivity contribution < 1.29 is 4.79 Å². The van der Waals surface area contributed by atoms with Gasteiger partial charge in [0.25, 0.3) is 0 Å². The number of nitrogens with zero attached hydrogens (tertiary/aromatic N) is 2. The SMILES string of the molecule is O=C1CC=C[C@@H]2[C@@H]3C[C@H](CN12)[C@H]1CCCCN1C3. The van der Waals surface area contributed by atoms with Gasteiger partial charge in [-0.05, 0) is 37.6 Å².